The van der Waals surface area contributed by atoms with E-state index in [0.29, 0.717) is 22.5 Å². The first-order valence-electron chi connectivity index (χ1n) is 11.6. The first-order valence-corrected chi connectivity index (χ1v) is 11.6. The molecule has 1 aliphatic carbocycles. The zero-order valence-corrected chi connectivity index (χ0v) is 18.9. The van der Waals surface area contributed by atoms with Crippen LogP contribution in [0.3, 0.4) is 0 Å². The average Bonchev–Trinajstić information content (AvgIpc) is 3.47. The number of ketones is 1. The van der Waals surface area contributed by atoms with Crippen molar-refractivity contribution in [3.8, 4) is 17.0 Å². The van der Waals surface area contributed by atoms with E-state index in [0.717, 1.165) is 37.7 Å². The van der Waals surface area contributed by atoms with Crippen LogP contribution in [-0.2, 0) is 9.59 Å². The third-order valence-electron chi connectivity index (χ3n) is 6.93. The molecule has 2 heterocycles. The van der Waals surface area contributed by atoms with Crippen molar-refractivity contribution in [2.45, 2.75) is 45.1 Å². The molecular formula is C27H26N2O5. The van der Waals surface area contributed by atoms with Crippen LogP contribution in [0.2, 0.25) is 0 Å². The van der Waals surface area contributed by atoms with Crippen molar-refractivity contribution in [1.82, 2.24) is 5.16 Å². The Morgan fingerprint density at radius 1 is 1.03 bits per heavy atom. The molecule has 1 aliphatic heterocycles. The van der Waals surface area contributed by atoms with Gasteiger partial charge in [0.2, 0.25) is 0 Å². The summed E-state index contributed by atoms with van der Waals surface area (Å²) in [5, 5.41) is 25.0. The van der Waals surface area contributed by atoms with Crippen LogP contribution in [-0.4, -0.2) is 33.1 Å². The fourth-order valence-corrected chi connectivity index (χ4v) is 5.25. The van der Waals surface area contributed by atoms with E-state index in [-0.39, 0.29) is 23.0 Å². The summed E-state index contributed by atoms with van der Waals surface area (Å²) in [5.41, 5.74) is 3.34. The molecule has 1 aromatic heterocycles. The van der Waals surface area contributed by atoms with Gasteiger partial charge in [0.05, 0.1) is 11.6 Å². The maximum atomic E-state index is 13.3. The second kappa shape index (κ2) is 8.82. The molecule has 5 rings (SSSR count). The Balaban J connectivity index is 1.61. The van der Waals surface area contributed by atoms with E-state index in [9.17, 15) is 19.8 Å². The largest absolute Gasteiger partial charge is 0.508 e. The van der Waals surface area contributed by atoms with Crippen LogP contribution >= 0.6 is 0 Å². The van der Waals surface area contributed by atoms with E-state index < -0.39 is 17.7 Å². The number of carbonyl (C=O) groups excluding carboxylic acids is 2. The van der Waals surface area contributed by atoms with Gasteiger partial charge in [-0.1, -0.05) is 36.6 Å². The molecule has 0 spiro atoms. The molecule has 0 bridgehead atoms. The zero-order valence-electron chi connectivity index (χ0n) is 18.9. The molecule has 2 aliphatic rings. The number of phenolic OH excluding ortho intramolecular Hbond substituents is 1. The number of hydrogen-bond acceptors (Lipinski definition) is 6. The van der Waals surface area contributed by atoms with E-state index in [1.807, 2.05) is 12.1 Å². The molecule has 7 nitrogen and oxygen atoms in total. The fraction of sp³-hybridized carbons (Fsp3) is 0.296. The van der Waals surface area contributed by atoms with Crippen molar-refractivity contribution in [3.63, 3.8) is 0 Å². The van der Waals surface area contributed by atoms with Gasteiger partial charge < -0.3 is 14.7 Å². The minimum Gasteiger partial charge on any atom is -0.508 e. The molecule has 2 fully saturated rings. The number of Topliss-reactive ketones (excluding diaryl/α,β-unsaturated/α-hetero) is 1. The van der Waals surface area contributed by atoms with Gasteiger partial charge in [-0.25, -0.2) is 0 Å². The van der Waals surface area contributed by atoms with Crippen LogP contribution in [0.25, 0.3) is 17.0 Å². The summed E-state index contributed by atoms with van der Waals surface area (Å²) < 4.78 is 4.92. The number of aliphatic hydroxyl groups excluding tert-OH is 1. The Bertz CT molecular complexity index is 1250. The highest BCUT2D eigenvalue weighted by atomic mass is 16.5. The van der Waals surface area contributed by atoms with Gasteiger partial charge in [0.15, 0.2) is 0 Å². The van der Waals surface area contributed by atoms with Crippen molar-refractivity contribution >= 4 is 23.1 Å². The molecule has 2 aromatic carbocycles. The number of aliphatic hydroxyl groups is 1. The lowest BCUT2D eigenvalue weighted by atomic mass is 9.80. The first-order chi connectivity index (χ1) is 16.5. The quantitative estimate of drug-likeness (QED) is 0.317. The van der Waals surface area contributed by atoms with Gasteiger partial charge in [0.25, 0.3) is 11.7 Å². The molecule has 7 heteroatoms. The van der Waals surface area contributed by atoms with Gasteiger partial charge in [0, 0.05) is 22.9 Å². The second-order valence-electron chi connectivity index (χ2n) is 9.04. The predicted octanol–water partition coefficient (Wildman–Crippen LogP) is 5.19. The number of rotatable bonds is 4. The number of hydrogen-bond donors (Lipinski definition) is 2. The molecule has 1 atom stereocenters. The highest BCUT2D eigenvalue weighted by Crippen LogP contribution is 2.42. The average molecular weight is 459 g/mol. The standard InChI is InChI=1S/C27H26N2O5/c1-16-15-20(30)11-12-21(16)25(31)23-24(18-5-3-2-4-6-18)29(27(33)26(23)32)19-9-7-17(8-10-19)22-13-14-34-28-22/h7-15,18,24,30-31H,2-6H2,1H3. The summed E-state index contributed by atoms with van der Waals surface area (Å²) in [6.07, 6.45) is 6.42. The van der Waals surface area contributed by atoms with E-state index in [2.05, 4.69) is 5.16 Å². The number of aryl methyl sites for hydroxylation is 1. The smallest absolute Gasteiger partial charge is 0.299 e. The number of nitrogens with zero attached hydrogens (tertiary/aromatic N) is 2. The van der Waals surface area contributed by atoms with Crippen LogP contribution < -0.4 is 4.90 Å². The molecule has 3 aromatic rings. The summed E-state index contributed by atoms with van der Waals surface area (Å²) in [7, 11) is 0. The van der Waals surface area contributed by atoms with Crippen molar-refractivity contribution in [3.05, 3.63) is 71.5 Å². The molecular weight excluding hydrogens is 432 g/mol. The highest BCUT2D eigenvalue weighted by molar-refractivity contribution is 6.51. The van der Waals surface area contributed by atoms with Crippen molar-refractivity contribution in [1.29, 1.82) is 0 Å². The Kier molecular flexibility index (Phi) is 5.69. The summed E-state index contributed by atoms with van der Waals surface area (Å²) in [4.78, 5) is 28.2. The Morgan fingerprint density at radius 3 is 2.41 bits per heavy atom. The minimum atomic E-state index is -0.680. The van der Waals surface area contributed by atoms with E-state index in [1.54, 1.807) is 36.1 Å². The molecule has 1 amide bonds. The molecule has 2 N–H and O–H groups in total. The van der Waals surface area contributed by atoms with Gasteiger partial charge in [-0.15, -0.1) is 0 Å². The van der Waals surface area contributed by atoms with Gasteiger partial charge >= 0.3 is 0 Å². The van der Waals surface area contributed by atoms with Crippen LogP contribution in [0.1, 0.15) is 43.2 Å². The molecule has 174 valence electrons. The third-order valence-corrected chi connectivity index (χ3v) is 6.93. The fourth-order valence-electron chi connectivity index (χ4n) is 5.25. The lowest BCUT2D eigenvalue weighted by Gasteiger charge is -2.34. The van der Waals surface area contributed by atoms with Crippen LogP contribution in [0.5, 0.6) is 5.75 Å². The third kappa shape index (κ3) is 3.77. The molecule has 1 unspecified atom stereocenters. The SMILES string of the molecule is Cc1cc(O)ccc1C(O)=C1C(=O)C(=O)N(c2ccc(-c3ccon3)cc2)C1C1CCCCC1. The van der Waals surface area contributed by atoms with Gasteiger partial charge in [0.1, 0.15) is 23.5 Å². The summed E-state index contributed by atoms with van der Waals surface area (Å²) in [5.74, 6) is -1.36. The van der Waals surface area contributed by atoms with E-state index in [4.69, 9.17) is 4.52 Å². The van der Waals surface area contributed by atoms with Crippen molar-refractivity contribution in [2.24, 2.45) is 5.92 Å². The Morgan fingerprint density at radius 2 is 1.76 bits per heavy atom. The highest BCUT2D eigenvalue weighted by Gasteiger charge is 2.49. The molecule has 0 radical (unpaired) electrons. The lowest BCUT2D eigenvalue weighted by molar-refractivity contribution is -0.132. The zero-order chi connectivity index (χ0) is 23.8. The van der Waals surface area contributed by atoms with Crippen molar-refractivity contribution in [2.75, 3.05) is 4.90 Å². The van der Waals surface area contributed by atoms with E-state index >= 15 is 0 Å². The summed E-state index contributed by atoms with van der Waals surface area (Å²) in [6, 6.07) is 13.1. The summed E-state index contributed by atoms with van der Waals surface area (Å²) in [6.45, 7) is 1.75. The van der Waals surface area contributed by atoms with Crippen LogP contribution in [0.15, 0.2) is 64.9 Å². The van der Waals surface area contributed by atoms with Gasteiger partial charge in [-0.3, -0.25) is 14.5 Å². The monoisotopic (exact) mass is 458 g/mol. The number of benzene rings is 2. The van der Waals surface area contributed by atoms with E-state index in [1.165, 1.54) is 18.4 Å². The lowest BCUT2D eigenvalue weighted by Crippen LogP contribution is -2.40. The number of aromatic nitrogens is 1. The minimum absolute atomic E-state index is 0.0638. The number of phenols is 1. The number of carbonyl (C=O) groups is 2. The molecule has 34 heavy (non-hydrogen) atoms. The predicted molar refractivity (Wildman–Crippen MR) is 127 cm³/mol. The van der Waals surface area contributed by atoms with Gasteiger partial charge in [-0.2, -0.15) is 0 Å². The number of anilines is 1. The van der Waals surface area contributed by atoms with Crippen LogP contribution in [0.4, 0.5) is 5.69 Å². The van der Waals surface area contributed by atoms with Crippen LogP contribution in [0, 0.1) is 12.8 Å². The Labute approximate surface area is 197 Å². The number of amides is 1. The summed E-state index contributed by atoms with van der Waals surface area (Å²) >= 11 is 0. The topological polar surface area (TPSA) is 104 Å². The van der Waals surface area contributed by atoms with Crippen molar-refractivity contribution < 1.29 is 24.3 Å². The van der Waals surface area contributed by atoms with Gasteiger partial charge in [-0.05, 0) is 61.6 Å². The maximum Gasteiger partial charge on any atom is 0.299 e. The second-order valence-corrected chi connectivity index (χ2v) is 9.04. The number of aromatic hydroxyl groups is 1. The molecule has 1 saturated carbocycles. The molecule has 1 saturated heterocycles. The maximum absolute atomic E-state index is 13.3. The Hall–Kier alpha value is -3.87. The first kappa shape index (κ1) is 21.9. The normalized spacial score (nSPS) is 20.7.